The third-order valence-corrected chi connectivity index (χ3v) is 2.14. The van der Waals surface area contributed by atoms with Crippen molar-refractivity contribution in [3.63, 3.8) is 0 Å². The van der Waals surface area contributed by atoms with Crippen molar-refractivity contribution in [1.29, 1.82) is 0 Å². The van der Waals surface area contributed by atoms with E-state index >= 15 is 0 Å². The molecule has 2 nitrogen and oxygen atoms in total. The van der Waals surface area contributed by atoms with Gasteiger partial charge >= 0.3 is 0 Å². The molecule has 0 N–H and O–H groups in total. The molecule has 0 aromatic rings. The van der Waals surface area contributed by atoms with Gasteiger partial charge in [-0.15, -0.1) is 0 Å². The van der Waals surface area contributed by atoms with Gasteiger partial charge in [-0.3, -0.25) is 0 Å². The Morgan fingerprint density at radius 1 is 1.25 bits per heavy atom. The molecule has 0 saturated heterocycles. The molecule has 1 aliphatic carbocycles. The van der Waals surface area contributed by atoms with Gasteiger partial charge in [-0.1, -0.05) is 26.7 Å². The minimum atomic E-state index is 0.483. The average molecular weight is 172 g/mol. The summed E-state index contributed by atoms with van der Waals surface area (Å²) < 4.78 is 10.9. The van der Waals surface area contributed by atoms with Crippen molar-refractivity contribution in [2.45, 2.75) is 45.6 Å². The second kappa shape index (κ2) is 5.55. The zero-order valence-electron chi connectivity index (χ0n) is 8.21. The van der Waals surface area contributed by atoms with Gasteiger partial charge in [0.05, 0.1) is 12.7 Å². The van der Waals surface area contributed by atoms with Gasteiger partial charge < -0.3 is 9.47 Å². The normalized spacial score (nSPS) is 19.2. The summed E-state index contributed by atoms with van der Waals surface area (Å²) in [5.74, 6) is 0.608. The van der Waals surface area contributed by atoms with E-state index in [9.17, 15) is 0 Å². The standard InChI is InChI=1S/C10H20O2/c1-9(2)7-11-8-12-10-5-3-4-6-10/h9-10H,3-8H2,1-2H3. The summed E-state index contributed by atoms with van der Waals surface area (Å²) in [6.07, 6.45) is 5.59. The van der Waals surface area contributed by atoms with Crippen molar-refractivity contribution in [1.82, 2.24) is 0 Å². The molecule has 1 rings (SSSR count). The van der Waals surface area contributed by atoms with Crippen molar-refractivity contribution in [2.24, 2.45) is 5.92 Å². The van der Waals surface area contributed by atoms with Crippen molar-refractivity contribution < 1.29 is 9.47 Å². The molecule has 0 amide bonds. The third kappa shape index (κ3) is 4.07. The molecule has 72 valence electrons. The van der Waals surface area contributed by atoms with Gasteiger partial charge in [0.25, 0.3) is 0 Å². The van der Waals surface area contributed by atoms with E-state index in [1.807, 2.05) is 0 Å². The SMILES string of the molecule is CC(C)COCOC1CCCC1. The number of hydrogen-bond donors (Lipinski definition) is 0. The van der Waals surface area contributed by atoms with Crippen LogP contribution in [-0.2, 0) is 9.47 Å². The Bertz CT molecular complexity index is 106. The maximum atomic E-state index is 5.53. The van der Waals surface area contributed by atoms with Gasteiger partial charge in [0.15, 0.2) is 0 Å². The van der Waals surface area contributed by atoms with E-state index in [4.69, 9.17) is 9.47 Å². The Labute approximate surface area is 75.2 Å². The Hall–Kier alpha value is -0.0800. The van der Waals surface area contributed by atoms with Crippen molar-refractivity contribution in [3.8, 4) is 0 Å². The second-order valence-corrected chi connectivity index (χ2v) is 3.96. The van der Waals surface area contributed by atoms with Crippen LogP contribution in [0.15, 0.2) is 0 Å². The van der Waals surface area contributed by atoms with Crippen LogP contribution in [0.1, 0.15) is 39.5 Å². The summed E-state index contributed by atoms with van der Waals surface area (Å²) in [5, 5.41) is 0. The van der Waals surface area contributed by atoms with Crippen molar-refractivity contribution in [2.75, 3.05) is 13.4 Å². The van der Waals surface area contributed by atoms with Gasteiger partial charge in [-0.05, 0) is 18.8 Å². The summed E-state index contributed by atoms with van der Waals surface area (Å²) >= 11 is 0. The maximum absolute atomic E-state index is 5.53. The van der Waals surface area contributed by atoms with Gasteiger partial charge in [0, 0.05) is 0 Å². The van der Waals surface area contributed by atoms with Gasteiger partial charge in [-0.25, -0.2) is 0 Å². The molecule has 0 heterocycles. The summed E-state index contributed by atoms with van der Waals surface area (Å²) in [7, 11) is 0. The molecule has 1 fully saturated rings. The minimum Gasteiger partial charge on any atom is -0.355 e. The molecular weight excluding hydrogens is 152 g/mol. The van der Waals surface area contributed by atoms with E-state index < -0.39 is 0 Å². The van der Waals surface area contributed by atoms with E-state index in [1.54, 1.807) is 0 Å². The van der Waals surface area contributed by atoms with E-state index in [-0.39, 0.29) is 0 Å². The zero-order valence-corrected chi connectivity index (χ0v) is 8.21. The lowest BCUT2D eigenvalue weighted by molar-refractivity contribution is -0.0928. The number of hydrogen-bond acceptors (Lipinski definition) is 2. The molecular formula is C10H20O2. The van der Waals surface area contributed by atoms with Gasteiger partial charge in [0.1, 0.15) is 6.79 Å². The first-order valence-electron chi connectivity index (χ1n) is 4.98. The highest BCUT2D eigenvalue weighted by Crippen LogP contribution is 2.20. The molecule has 0 aliphatic heterocycles. The number of rotatable bonds is 5. The lowest BCUT2D eigenvalue weighted by atomic mass is 10.2. The molecule has 2 heteroatoms. The minimum absolute atomic E-state index is 0.483. The van der Waals surface area contributed by atoms with Crippen LogP contribution in [0.25, 0.3) is 0 Å². The van der Waals surface area contributed by atoms with Gasteiger partial charge in [0.2, 0.25) is 0 Å². The summed E-state index contributed by atoms with van der Waals surface area (Å²) in [4.78, 5) is 0. The van der Waals surface area contributed by atoms with Crippen molar-refractivity contribution >= 4 is 0 Å². The zero-order chi connectivity index (χ0) is 8.81. The molecule has 0 aromatic heterocycles. The molecule has 0 bridgehead atoms. The average Bonchev–Trinajstić information content (AvgIpc) is 2.49. The molecule has 0 aromatic carbocycles. The van der Waals surface area contributed by atoms with Crippen LogP contribution in [0.3, 0.4) is 0 Å². The predicted molar refractivity (Wildman–Crippen MR) is 49.0 cm³/mol. The van der Waals surface area contributed by atoms with Crippen LogP contribution in [0.2, 0.25) is 0 Å². The first-order valence-corrected chi connectivity index (χ1v) is 4.98. The molecule has 0 unspecified atom stereocenters. The molecule has 0 radical (unpaired) electrons. The van der Waals surface area contributed by atoms with Crippen LogP contribution in [0.4, 0.5) is 0 Å². The van der Waals surface area contributed by atoms with E-state index in [0.717, 1.165) is 6.61 Å². The molecule has 12 heavy (non-hydrogen) atoms. The number of ether oxygens (including phenoxy) is 2. The van der Waals surface area contributed by atoms with Crippen LogP contribution in [-0.4, -0.2) is 19.5 Å². The lowest BCUT2D eigenvalue weighted by Crippen LogP contribution is -2.12. The highest BCUT2D eigenvalue weighted by atomic mass is 16.7. The van der Waals surface area contributed by atoms with E-state index in [1.165, 1.54) is 25.7 Å². The molecule has 0 atom stereocenters. The van der Waals surface area contributed by atoms with Crippen LogP contribution in [0, 0.1) is 5.92 Å². The predicted octanol–water partition coefficient (Wildman–Crippen LogP) is 2.58. The lowest BCUT2D eigenvalue weighted by Gasteiger charge is -2.12. The third-order valence-electron chi connectivity index (χ3n) is 2.14. The van der Waals surface area contributed by atoms with Gasteiger partial charge in [-0.2, -0.15) is 0 Å². The second-order valence-electron chi connectivity index (χ2n) is 3.96. The highest BCUT2D eigenvalue weighted by Gasteiger charge is 2.14. The van der Waals surface area contributed by atoms with E-state index in [0.29, 0.717) is 18.8 Å². The largest absolute Gasteiger partial charge is 0.355 e. The smallest absolute Gasteiger partial charge is 0.147 e. The summed E-state index contributed by atoms with van der Waals surface area (Å²) in [5.41, 5.74) is 0. The first kappa shape index (κ1) is 10.0. The maximum Gasteiger partial charge on any atom is 0.147 e. The monoisotopic (exact) mass is 172 g/mol. The Balaban J connectivity index is 1.88. The van der Waals surface area contributed by atoms with Crippen LogP contribution < -0.4 is 0 Å². The fourth-order valence-electron chi connectivity index (χ4n) is 1.48. The summed E-state index contributed by atoms with van der Waals surface area (Å²) in [6, 6.07) is 0. The van der Waals surface area contributed by atoms with Crippen LogP contribution in [0.5, 0.6) is 0 Å². The fourth-order valence-corrected chi connectivity index (χ4v) is 1.48. The highest BCUT2D eigenvalue weighted by molar-refractivity contribution is 4.65. The quantitative estimate of drug-likeness (QED) is 0.469. The van der Waals surface area contributed by atoms with Crippen LogP contribution >= 0.6 is 0 Å². The first-order chi connectivity index (χ1) is 5.79. The molecule has 1 aliphatic rings. The Morgan fingerprint density at radius 2 is 1.92 bits per heavy atom. The summed E-state index contributed by atoms with van der Waals surface area (Å²) in [6.45, 7) is 5.60. The Kier molecular flexibility index (Phi) is 4.62. The topological polar surface area (TPSA) is 18.5 Å². The Morgan fingerprint density at radius 3 is 2.50 bits per heavy atom. The van der Waals surface area contributed by atoms with Crippen molar-refractivity contribution in [3.05, 3.63) is 0 Å². The molecule has 0 spiro atoms. The van der Waals surface area contributed by atoms with E-state index in [2.05, 4.69) is 13.8 Å². The fraction of sp³-hybridized carbons (Fsp3) is 1.00. The molecule has 1 saturated carbocycles.